The number of ether oxygens (including phenoxy) is 3. The third-order valence-electron chi connectivity index (χ3n) is 6.48. The second-order valence-corrected chi connectivity index (χ2v) is 10.4. The Morgan fingerprint density at radius 1 is 0.932 bits per heavy atom. The van der Waals surface area contributed by atoms with Crippen molar-refractivity contribution in [3.05, 3.63) is 124 Å². The van der Waals surface area contributed by atoms with Crippen molar-refractivity contribution in [2.75, 3.05) is 14.2 Å². The predicted octanol–water partition coefficient (Wildman–Crippen LogP) is 6.57. The average molecular weight is 627 g/mol. The molecule has 226 valence electrons. The highest BCUT2D eigenvalue weighted by atomic mass is 32.2. The molecule has 1 amide bonds. The second-order valence-electron chi connectivity index (χ2n) is 9.32. The smallest absolute Gasteiger partial charge is 0.337 e. The lowest BCUT2D eigenvalue weighted by molar-refractivity contribution is 0.0599. The Hall–Kier alpha value is -5.04. The molecule has 1 aliphatic rings. The number of para-hydroxylation sites is 1. The number of phenolic OH excluding ortho intramolecular Hbond substituents is 1. The van der Waals surface area contributed by atoms with Gasteiger partial charge in [0.05, 0.1) is 19.8 Å². The average Bonchev–Trinajstić information content (AvgIpc) is 3.45. The molecule has 0 radical (unpaired) electrons. The standard InChI is InChI=1S/C31H22F4N2O6S/c1-41-21-11-16(10-18(12-21)31(40)42-2)15-43-25-5-3-4-22(27(25)38)30-37(29(39)26-23(34)13-20(33)14-24(26)35)36-28(44-30)17-6-8-19(32)9-7-17/h3-14,30,38H,15H2,1-2H3. The van der Waals surface area contributed by atoms with Gasteiger partial charge in [-0.25, -0.2) is 27.4 Å². The van der Waals surface area contributed by atoms with Crippen LogP contribution < -0.4 is 9.47 Å². The number of hydrazone groups is 1. The van der Waals surface area contributed by atoms with Crippen molar-refractivity contribution >= 4 is 28.7 Å². The molecular formula is C31H22F4N2O6S. The quantitative estimate of drug-likeness (QED) is 0.175. The molecule has 1 unspecified atom stereocenters. The fourth-order valence-corrected chi connectivity index (χ4v) is 5.55. The van der Waals surface area contributed by atoms with Gasteiger partial charge in [-0.05, 0) is 54.1 Å². The number of hydrogen-bond donors (Lipinski definition) is 1. The van der Waals surface area contributed by atoms with Crippen molar-refractivity contribution in [1.82, 2.24) is 5.01 Å². The molecule has 0 aromatic heterocycles. The molecule has 4 aromatic rings. The Morgan fingerprint density at radius 3 is 2.30 bits per heavy atom. The first-order chi connectivity index (χ1) is 21.1. The van der Waals surface area contributed by atoms with Crippen molar-refractivity contribution in [1.29, 1.82) is 0 Å². The van der Waals surface area contributed by atoms with Gasteiger partial charge in [-0.3, -0.25) is 4.79 Å². The van der Waals surface area contributed by atoms with Crippen LogP contribution in [0.3, 0.4) is 0 Å². The summed E-state index contributed by atoms with van der Waals surface area (Å²) in [5, 5.41) is 15.3. The molecule has 1 heterocycles. The lowest BCUT2D eigenvalue weighted by Crippen LogP contribution is -2.28. The minimum atomic E-state index is -1.44. The second kappa shape index (κ2) is 12.7. The molecule has 1 N–H and O–H groups in total. The van der Waals surface area contributed by atoms with E-state index in [2.05, 4.69) is 5.10 Å². The zero-order valence-electron chi connectivity index (χ0n) is 23.0. The molecule has 0 bridgehead atoms. The fourth-order valence-electron chi connectivity index (χ4n) is 4.37. The maximum absolute atomic E-state index is 14.6. The van der Waals surface area contributed by atoms with E-state index in [0.29, 0.717) is 29.0 Å². The Bertz CT molecular complexity index is 1760. The van der Waals surface area contributed by atoms with Gasteiger partial charge < -0.3 is 19.3 Å². The van der Waals surface area contributed by atoms with Crippen LogP contribution in [0.4, 0.5) is 17.6 Å². The van der Waals surface area contributed by atoms with Gasteiger partial charge in [0.1, 0.15) is 51.6 Å². The van der Waals surface area contributed by atoms with Crippen LogP contribution in [0.1, 0.15) is 42.8 Å². The third-order valence-corrected chi connectivity index (χ3v) is 7.70. The Balaban J connectivity index is 1.49. The van der Waals surface area contributed by atoms with Crippen LogP contribution >= 0.6 is 11.8 Å². The van der Waals surface area contributed by atoms with Gasteiger partial charge in [0, 0.05) is 23.3 Å². The molecular weight excluding hydrogens is 604 g/mol. The summed E-state index contributed by atoms with van der Waals surface area (Å²) in [5.41, 5.74) is 0.150. The summed E-state index contributed by atoms with van der Waals surface area (Å²) in [7, 11) is 2.66. The molecule has 0 fully saturated rings. The SMILES string of the molecule is COC(=O)c1cc(COc2cccc(C3SC(c4ccc(F)cc4)=NN3C(=O)c3c(F)cc(F)cc3F)c2O)cc(OC)c1. The molecule has 0 saturated heterocycles. The van der Waals surface area contributed by atoms with Crippen LogP contribution in [-0.4, -0.2) is 41.3 Å². The van der Waals surface area contributed by atoms with Gasteiger partial charge in [0.25, 0.3) is 5.91 Å². The maximum Gasteiger partial charge on any atom is 0.337 e. The van der Waals surface area contributed by atoms with Gasteiger partial charge in [0.15, 0.2) is 11.5 Å². The number of halogens is 4. The molecule has 0 aliphatic carbocycles. The maximum atomic E-state index is 14.6. The van der Waals surface area contributed by atoms with Gasteiger partial charge in [-0.1, -0.05) is 23.9 Å². The van der Waals surface area contributed by atoms with Crippen molar-refractivity contribution in [2.24, 2.45) is 5.10 Å². The molecule has 5 rings (SSSR count). The van der Waals surface area contributed by atoms with Gasteiger partial charge >= 0.3 is 5.97 Å². The third kappa shape index (κ3) is 6.18. The summed E-state index contributed by atoms with van der Waals surface area (Å²) in [6, 6.07) is 15.0. The molecule has 44 heavy (non-hydrogen) atoms. The normalized spacial score (nSPS) is 14.3. The fraction of sp³-hybridized carbons (Fsp3) is 0.129. The van der Waals surface area contributed by atoms with E-state index in [0.717, 1.165) is 16.8 Å². The number of carbonyl (C=O) groups excluding carboxylic acids is 2. The summed E-state index contributed by atoms with van der Waals surface area (Å²) in [4.78, 5) is 25.5. The Morgan fingerprint density at radius 2 is 1.64 bits per heavy atom. The highest BCUT2D eigenvalue weighted by Crippen LogP contribution is 2.47. The summed E-state index contributed by atoms with van der Waals surface area (Å²) >= 11 is 0.949. The Labute approximate surface area is 252 Å². The number of thioether (sulfide) groups is 1. The van der Waals surface area contributed by atoms with E-state index in [9.17, 15) is 32.3 Å². The van der Waals surface area contributed by atoms with E-state index in [-0.39, 0.29) is 28.5 Å². The molecule has 13 heteroatoms. The number of methoxy groups -OCH3 is 2. The van der Waals surface area contributed by atoms with Crippen LogP contribution in [0.2, 0.25) is 0 Å². The van der Waals surface area contributed by atoms with E-state index in [1.165, 1.54) is 68.8 Å². The van der Waals surface area contributed by atoms with Crippen LogP contribution in [-0.2, 0) is 11.3 Å². The number of benzene rings is 4. The van der Waals surface area contributed by atoms with Crippen molar-refractivity contribution in [2.45, 2.75) is 12.0 Å². The van der Waals surface area contributed by atoms with Crippen LogP contribution in [0.5, 0.6) is 17.2 Å². The highest BCUT2D eigenvalue weighted by Gasteiger charge is 2.38. The van der Waals surface area contributed by atoms with Gasteiger partial charge in [0.2, 0.25) is 0 Å². The minimum absolute atomic E-state index is 0.0210. The highest BCUT2D eigenvalue weighted by molar-refractivity contribution is 8.14. The summed E-state index contributed by atoms with van der Waals surface area (Å²) in [6.07, 6.45) is 0. The number of aromatic hydroxyl groups is 1. The monoisotopic (exact) mass is 626 g/mol. The first-order valence-corrected chi connectivity index (χ1v) is 13.7. The van der Waals surface area contributed by atoms with Crippen LogP contribution in [0, 0.1) is 23.3 Å². The molecule has 8 nitrogen and oxygen atoms in total. The van der Waals surface area contributed by atoms with E-state index < -0.39 is 51.8 Å². The number of esters is 1. The molecule has 0 saturated carbocycles. The van der Waals surface area contributed by atoms with E-state index in [1.807, 2.05) is 0 Å². The van der Waals surface area contributed by atoms with Crippen LogP contribution in [0.15, 0.2) is 77.9 Å². The minimum Gasteiger partial charge on any atom is -0.504 e. The first-order valence-electron chi connectivity index (χ1n) is 12.8. The van der Waals surface area contributed by atoms with Crippen molar-refractivity contribution in [3.8, 4) is 17.2 Å². The van der Waals surface area contributed by atoms with E-state index in [4.69, 9.17) is 14.2 Å². The topological polar surface area (TPSA) is 97.7 Å². The van der Waals surface area contributed by atoms with Crippen LogP contribution in [0.25, 0.3) is 0 Å². The molecule has 1 aliphatic heterocycles. The number of nitrogens with zero attached hydrogens (tertiary/aromatic N) is 2. The van der Waals surface area contributed by atoms with E-state index >= 15 is 0 Å². The number of amides is 1. The Kier molecular flexibility index (Phi) is 8.76. The van der Waals surface area contributed by atoms with Crippen molar-refractivity contribution < 1.29 is 46.5 Å². The van der Waals surface area contributed by atoms with Gasteiger partial charge in [-0.2, -0.15) is 5.10 Å². The van der Waals surface area contributed by atoms with E-state index in [1.54, 1.807) is 6.07 Å². The number of rotatable bonds is 8. The largest absolute Gasteiger partial charge is 0.504 e. The number of carbonyl (C=O) groups is 2. The molecule has 1 atom stereocenters. The summed E-state index contributed by atoms with van der Waals surface area (Å²) in [6.45, 7) is -0.123. The summed E-state index contributed by atoms with van der Waals surface area (Å²) < 4.78 is 72.3. The lowest BCUT2D eigenvalue weighted by Gasteiger charge is -2.23. The predicted molar refractivity (Wildman–Crippen MR) is 153 cm³/mol. The lowest BCUT2D eigenvalue weighted by atomic mass is 10.1. The zero-order chi connectivity index (χ0) is 31.5. The van der Waals surface area contributed by atoms with Gasteiger partial charge in [-0.15, -0.1) is 0 Å². The van der Waals surface area contributed by atoms with Crippen molar-refractivity contribution in [3.63, 3.8) is 0 Å². The number of hydrogen-bond acceptors (Lipinski definition) is 8. The summed E-state index contributed by atoms with van der Waals surface area (Å²) in [5.74, 6) is -6.50. The molecule has 4 aromatic carbocycles. The molecule has 0 spiro atoms. The number of phenols is 1. The zero-order valence-corrected chi connectivity index (χ0v) is 23.8. The first kappa shape index (κ1) is 30.4.